The fourth-order valence-corrected chi connectivity index (χ4v) is 3.85. The summed E-state index contributed by atoms with van der Waals surface area (Å²) in [5.41, 5.74) is 1.35. The Bertz CT molecular complexity index is 1180. The highest BCUT2D eigenvalue weighted by Crippen LogP contribution is 2.34. The number of hydrogen-bond acceptors (Lipinski definition) is 8. The number of nitro groups is 1. The fourth-order valence-electron chi connectivity index (χ4n) is 3.00. The van der Waals surface area contributed by atoms with Crippen LogP contribution in [0.4, 0.5) is 11.4 Å². The van der Waals surface area contributed by atoms with E-state index in [-0.39, 0.29) is 17.2 Å². The first-order chi connectivity index (χ1) is 15.8. The number of carbonyl (C=O) groups excluding carboxylic acids is 2. The number of nitrogens with zero attached hydrogens (tertiary/aromatic N) is 4. The van der Waals surface area contributed by atoms with Crippen LogP contribution in [0.1, 0.15) is 42.1 Å². The van der Waals surface area contributed by atoms with Crippen LogP contribution in [0, 0.1) is 10.1 Å². The topological polar surface area (TPSA) is 129 Å². The first-order valence-electron chi connectivity index (χ1n) is 10.2. The summed E-state index contributed by atoms with van der Waals surface area (Å²) >= 11 is 1.05. The summed E-state index contributed by atoms with van der Waals surface area (Å²) in [6.45, 7) is 3.60. The van der Waals surface area contributed by atoms with Crippen molar-refractivity contribution in [1.82, 2.24) is 14.8 Å². The Morgan fingerprint density at radius 1 is 1.27 bits per heavy atom. The zero-order chi connectivity index (χ0) is 24.0. The second-order valence-electron chi connectivity index (χ2n) is 7.29. The number of amides is 1. The van der Waals surface area contributed by atoms with Crippen LogP contribution in [0.5, 0.6) is 0 Å². The zero-order valence-corrected chi connectivity index (χ0v) is 19.2. The molecule has 0 bridgehead atoms. The maximum absolute atomic E-state index is 12.4. The van der Waals surface area contributed by atoms with Gasteiger partial charge in [0.2, 0.25) is 0 Å². The minimum atomic E-state index is -0.835. The number of para-hydroxylation sites is 1. The first kappa shape index (κ1) is 23.9. The van der Waals surface area contributed by atoms with E-state index in [1.807, 2.05) is 18.2 Å². The van der Waals surface area contributed by atoms with Crippen molar-refractivity contribution >= 4 is 35.0 Å². The molecule has 3 rings (SSSR count). The normalized spacial score (nSPS) is 11.6. The summed E-state index contributed by atoms with van der Waals surface area (Å²) < 4.78 is 6.70. The van der Waals surface area contributed by atoms with Crippen LogP contribution >= 0.6 is 11.8 Å². The van der Waals surface area contributed by atoms with E-state index in [0.29, 0.717) is 15.7 Å². The third kappa shape index (κ3) is 5.95. The lowest BCUT2D eigenvalue weighted by atomic mass is 9.97. The molecule has 10 nitrogen and oxygen atoms in total. The molecular formula is C22H23N5O5S. The maximum Gasteiger partial charge on any atom is 0.338 e. The summed E-state index contributed by atoms with van der Waals surface area (Å²) in [6.07, 6.45) is 2.39. The fraction of sp³-hybridized carbons (Fsp3) is 0.273. The largest absolute Gasteiger partial charge is 0.452 e. The summed E-state index contributed by atoms with van der Waals surface area (Å²) in [5.74, 6) is -1.08. The predicted octanol–water partition coefficient (Wildman–Crippen LogP) is 4.18. The number of rotatable bonds is 9. The van der Waals surface area contributed by atoms with Crippen LogP contribution in [0.15, 0.2) is 58.8 Å². The lowest BCUT2D eigenvalue weighted by Gasteiger charge is -2.15. The van der Waals surface area contributed by atoms with E-state index in [9.17, 15) is 19.7 Å². The minimum Gasteiger partial charge on any atom is -0.452 e. The minimum absolute atomic E-state index is 0.0307. The molecule has 0 aliphatic rings. The summed E-state index contributed by atoms with van der Waals surface area (Å²) in [6, 6.07) is 11.4. The predicted molar refractivity (Wildman–Crippen MR) is 122 cm³/mol. The smallest absolute Gasteiger partial charge is 0.338 e. The molecule has 1 aromatic heterocycles. The number of ether oxygens (including phenoxy) is 1. The molecule has 3 aromatic rings. The van der Waals surface area contributed by atoms with Gasteiger partial charge in [0.05, 0.1) is 15.4 Å². The summed E-state index contributed by atoms with van der Waals surface area (Å²) in [4.78, 5) is 36.0. The van der Waals surface area contributed by atoms with E-state index in [2.05, 4.69) is 29.4 Å². The Balaban J connectivity index is 1.67. The molecule has 1 atom stereocenters. The van der Waals surface area contributed by atoms with Gasteiger partial charge in [-0.15, -0.1) is 10.2 Å². The number of carbonyl (C=O) groups is 2. The number of nitrogens with one attached hydrogen (secondary N) is 1. The molecule has 0 saturated heterocycles. The molecule has 0 aliphatic carbocycles. The quantitative estimate of drug-likeness (QED) is 0.281. The van der Waals surface area contributed by atoms with Gasteiger partial charge < -0.3 is 14.6 Å². The molecule has 0 aliphatic heterocycles. The van der Waals surface area contributed by atoms with Crippen molar-refractivity contribution in [2.75, 3.05) is 11.9 Å². The molecule has 0 saturated carbocycles. The lowest BCUT2D eigenvalue weighted by molar-refractivity contribution is -0.387. The van der Waals surface area contributed by atoms with Gasteiger partial charge in [0.15, 0.2) is 11.8 Å². The number of nitro benzene ring substituents is 1. The van der Waals surface area contributed by atoms with Crippen LogP contribution in [-0.2, 0) is 16.6 Å². The maximum atomic E-state index is 12.4. The van der Waals surface area contributed by atoms with E-state index in [0.717, 1.165) is 29.8 Å². The molecule has 1 N–H and O–H groups in total. The third-order valence-electron chi connectivity index (χ3n) is 4.97. The van der Waals surface area contributed by atoms with E-state index in [1.54, 1.807) is 17.7 Å². The Kier molecular flexibility index (Phi) is 7.78. The van der Waals surface area contributed by atoms with Crippen molar-refractivity contribution in [2.45, 2.75) is 36.2 Å². The molecule has 1 amide bonds. The molecule has 0 spiro atoms. The summed E-state index contributed by atoms with van der Waals surface area (Å²) in [7, 11) is 1.71. The van der Waals surface area contributed by atoms with Gasteiger partial charge in [0.25, 0.3) is 11.6 Å². The van der Waals surface area contributed by atoms with Crippen LogP contribution in [0.3, 0.4) is 0 Å². The Hall–Kier alpha value is -3.73. The van der Waals surface area contributed by atoms with Gasteiger partial charge in [-0.2, -0.15) is 0 Å². The van der Waals surface area contributed by atoms with E-state index in [4.69, 9.17) is 4.74 Å². The first-order valence-corrected chi connectivity index (χ1v) is 11.0. The number of esters is 1. The molecule has 1 unspecified atom stereocenters. The monoisotopic (exact) mass is 469 g/mol. The van der Waals surface area contributed by atoms with Crippen molar-refractivity contribution in [2.24, 2.45) is 7.05 Å². The standard InChI is InChI=1S/C22H23N5O5S/c1-4-14(2)16-7-5-6-8-17(16)24-20(28)12-32-21(29)15-9-10-19(18(11-15)27(30)31)33-22-25-23-13-26(22)3/h5-11,13-14H,4,12H2,1-3H3,(H,24,28). The molecule has 0 fully saturated rings. The third-order valence-corrected chi connectivity index (χ3v) is 6.09. The Morgan fingerprint density at radius 2 is 2.03 bits per heavy atom. The van der Waals surface area contributed by atoms with Gasteiger partial charge in [-0.25, -0.2) is 4.79 Å². The summed E-state index contributed by atoms with van der Waals surface area (Å²) in [5, 5.41) is 22.4. The Labute approximate surface area is 194 Å². The van der Waals surface area contributed by atoms with Crippen LogP contribution in [0.2, 0.25) is 0 Å². The van der Waals surface area contributed by atoms with Gasteiger partial charge in [-0.05, 0) is 47.9 Å². The van der Waals surface area contributed by atoms with Gasteiger partial charge in [0.1, 0.15) is 6.33 Å². The average Bonchev–Trinajstić information content (AvgIpc) is 3.21. The Morgan fingerprint density at radius 3 is 2.70 bits per heavy atom. The highest BCUT2D eigenvalue weighted by Gasteiger charge is 2.21. The molecule has 1 heterocycles. The van der Waals surface area contributed by atoms with Gasteiger partial charge in [-0.3, -0.25) is 14.9 Å². The second kappa shape index (κ2) is 10.7. The van der Waals surface area contributed by atoms with Crippen LogP contribution in [0.25, 0.3) is 0 Å². The number of hydrogen-bond donors (Lipinski definition) is 1. The molecule has 2 aromatic carbocycles. The highest BCUT2D eigenvalue weighted by molar-refractivity contribution is 7.99. The van der Waals surface area contributed by atoms with E-state index >= 15 is 0 Å². The molecule has 172 valence electrons. The molecule has 33 heavy (non-hydrogen) atoms. The van der Waals surface area contributed by atoms with E-state index in [1.165, 1.54) is 18.5 Å². The highest BCUT2D eigenvalue weighted by atomic mass is 32.2. The van der Waals surface area contributed by atoms with Gasteiger partial charge >= 0.3 is 5.97 Å². The van der Waals surface area contributed by atoms with Crippen LogP contribution < -0.4 is 5.32 Å². The molecule has 11 heteroatoms. The van der Waals surface area contributed by atoms with Crippen molar-refractivity contribution in [1.29, 1.82) is 0 Å². The molecule has 0 radical (unpaired) electrons. The molecular weight excluding hydrogens is 446 g/mol. The van der Waals surface area contributed by atoms with Crippen molar-refractivity contribution in [3.63, 3.8) is 0 Å². The second-order valence-corrected chi connectivity index (χ2v) is 8.30. The van der Waals surface area contributed by atoms with Crippen LogP contribution in [-0.4, -0.2) is 38.2 Å². The number of anilines is 1. The zero-order valence-electron chi connectivity index (χ0n) is 18.3. The SMILES string of the molecule is CCC(C)c1ccccc1NC(=O)COC(=O)c1ccc(Sc2nncn2C)c([N+](=O)[O-])c1. The van der Waals surface area contributed by atoms with E-state index < -0.39 is 23.4 Å². The average molecular weight is 470 g/mol. The lowest BCUT2D eigenvalue weighted by Crippen LogP contribution is -2.21. The van der Waals surface area contributed by atoms with Crippen molar-refractivity contribution in [3.8, 4) is 0 Å². The van der Waals surface area contributed by atoms with Crippen molar-refractivity contribution < 1.29 is 19.2 Å². The number of benzene rings is 2. The van der Waals surface area contributed by atoms with Gasteiger partial charge in [-0.1, -0.05) is 32.0 Å². The number of aromatic nitrogens is 3. The van der Waals surface area contributed by atoms with Crippen molar-refractivity contribution in [3.05, 3.63) is 70.0 Å². The van der Waals surface area contributed by atoms with Gasteiger partial charge in [0, 0.05) is 18.8 Å². The number of aryl methyl sites for hydroxylation is 1.